The Hall–Kier alpha value is -1.11. The molecule has 0 atom stereocenters. The second-order valence-corrected chi connectivity index (χ2v) is 7.70. The number of sulfonamides is 1. The van der Waals surface area contributed by atoms with Crippen molar-refractivity contribution in [2.45, 2.75) is 24.7 Å². The maximum absolute atomic E-state index is 12.2. The number of nitrogens with zero attached hydrogens (tertiary/aromatic N) is 1. The maximum Gasteiger partial charge on any atom is 0.240 e. The summed E-state index contributed by atoms with van der Waals surface area (Å²) < 4.78 is 27.1. The van der Waals surface area contributed by atoms with Crippen molar-refractivity contribution in [3.63, 3.8) is 0 Å². The zero-order chi connectivity index (χ0) is 14.8. The average Bonchev–Trinajstić information content (AvgIpc) is 2.41. The molecule has 1 aromatic rings. The fourth-order valence-corrected chi connectivity index (χ4v) is 3.51. The molecular weight excluding hydrogens is 276 g/mol. The summed E-state index contributed by atoms with van der Waals surface area (Å²) in [4.78, 5) is 2.45. The number of piperidine rings is 1. The molecule has 112 valence electrons. The molecule has 1 saturated heterocycles. The molecule has 0 unspecified atom stereocenters. The molecule has 1 aliphatic rings. The molecule has 5 nitrogen and oxygen atoms in total. The van der Waals surface area contributed by atoms with Crippen LogP contribution in [0.2, 0.25) is 0 Å². The Morgan fingerprint density at radius 1 is 1.25 bits per heavy atom. The molecule has 0 amide bonds. The van der Waals surface area contributed by atoms with Gasteiger partial charge in [-0.15, -0.1) is 0 Å². The van der Waals surface area contributed by atoms with Gasteiger partial charge in [0.2, 0.25) is 10.0 Å². The van der Waals surface area contributed by atoms with Crippen LogP contribution < -0.4 is 4.72 Å². The van der Waals surface area contributed by atoms with Gasteiger partial charge in [0.1, 0.15) is 5.75 Å². The Morgan fingerprint density at radius 2 is 1.80 bits per heavy atom. The number of phenols is 1. The SMILES string of the molecule is CN1CCC(C)(CNS(=O)(=O)c2ccc(O)cc2)CC1. The van der Waals surface area contributed by atoms with Gasteiger partial charge in [-0.3, -0.25) is 0 Å². The van der Waals surface area contributed by atoms with Crippen LogP contribution in [-0.2, 0) is 10.0 Å². The zero-order valence-corrected chi connectivity index (χ0v) is 12.8. The molecule has 2 N–H and O–H groups in total. The van der Waals surface area contributed by atoms with Crippen molar-refractivity contribution in [3.8, 4) is 5.75 Å². The third kappa shape index (κ3) is 3.71. The van der Waals surface area contributed by atoms with Crippen molar-refractivity contribution >= 4 is 10.0 Å². The van der Waals surface area contributed by atoms with E-state index in [1.807, 2.05) is 0 Å². The Bertz CT molecular complexity index is 546. The van der Waals surface area contributed by atoms with Gasteiger partial charge in [0.15, 0.2) is 0 Å². The summed E-state index contributed by atoms with van der Waals surface area (Å²) >= 11 is 0. The van der Waals surface area contributed by atoms with E-state index in [4.69, 9.17) is 0 Å². The van der Waals surface area contributed by atoms with E-state index >= 15 is 0 Å². The first kappa shape index (κ1) is 15.3. The van der Waals surface area contributed by atoms with Gasteiger partial charge in [-0.2, -0.15) is 0 Å². The van der Waals surface area contributed by atoms with Crippen LogP contribution in [0.1, 0.15) is 19.8 Å². The van der Waals surface area contributed by atoms with E-state index in [0.717, 1.165) is 25.9 Å². The first-order chi connectivity index (χ1) is 9.31. The van der Waals surface area contributed by atoms with Gasteiger partial charge in [0.25, 0.3) is 0 Å². The Kier molecular flexibility index (Phi) is 4.36. The average molecular weight is 298 g/mol. The van der Waals surface area contributed by atoms with Crippen LogP contribution in [0.15, 0.2) is 29.2 Å². The number of likely N-dealkylation sites (tertiary alicyclic amines) is 1. The summed E-state index contributed by atoms with van der Waals surface area (Å²) in [5.41, 5.74) is 0.0104. The van der Waals surface area contributed by atoms with Crippen LogP contribution in [-0.4, -0.2) is 45.1 Å². The smallest absolute Gasteiger partial charge is 0.240 e. The fraction of sp³-hybridized carbons (Fsp3) is 0.571. The third-order valence-electron chi connectivity index (χ3n) is 4.03. The summed E-state index contributed by atoms with van der Waals surface area (Å²) in [5, 5.41) is 9.20. The number of phenolic OH excluding ortho intramolecular Hbond substituents is 1. The van der Waals surface area contributed by atoms with Gasteiger partial charge < -0.3 is 10.0 Å². The highest BCUT2D eigenvalue weighted by Crippen LogP contribution is 2.30. The fourth-order valence-electron chi connectivity index (χ4n) is 2.31. The summed E-state index contributed by atoms with van der Waals surface area (Å²) in [7, 11) is -1.42. The molecule has 1 heterocycles. The number of rotatable bonds is 4. The highest BCUT2D eigenvalue weighted by atomic mass is 32.2. The van der Waals surface area contributed by atoms with E-state index in [2.05, 4.69) is 23.6 Å². The lowest BCUT2D eigenvalue weighted by atomic mass is 9.81. The monoisotopic (exact) mass is 298 g/mol. The quantitative estimate of drug-likeness (QED) is 0.881. The van der Waals surface area contributed by atoms with Crippen molar-refractivity contribution in [3.05, 3.63) is 24.3 Å². The first-order valence-corrected chi connectivity index (χ1v) is 8.26. The predicted molar refractivity (Wildman–Crippen MR) is 78.1 cm³/mol. The summed E-state index contributed by atoms with van der Waals surface area (Å²) in [6.07, 6.45) is 1.98. The number of hydrogen-bond acceptors (Lipinski definition) is 4. The molecule has 0 aliphatic carbocycles. The molecule has 1 fully saturated rings. The van der Waals surface area contributed by atoms with E-state index in [-0.39, 0.29) is 16.1 Å². The number of nitrogens with one attached hydrogen (secondary N) is 1. The first-order valence-electron chi connectivity index (χ1n) is 6.78. The van der Waals surface area contributed by atoms with Crippen LogP contribution in [0.3, 0.4) is 0 Å². The van der Waals surface area contributed by atoms with E-state index in [0.29, 0.717) is 6.54 Å². The van der Waals surface area contributed by atoms with Crippen molar-refractivity contribution in [1.82, 2.24) is 9.62 Å². The van der Waals surface area contributed by atoms with Gasteiger partial charge in [0, 0.05) is 6.54 Å². The van der Waals surface area contributed by atoms with E-state index in [1.54, 1.807) is 0 Å². The minimum atomic E-state index is -3.50. The molecular formula is C14H22N2O3S. The summed E-state index contributed by atoms with van der Waals surface area (Å²) in [6.45, 7) is 4.57. The molecule has 0 spiro atoms. The van der Waals surface area contributed by atoms with Crippen molar-refractivity contribution in [2.75, 3.05) is 26.7 Å². The highest BCUT2D eigenvalue weighted by molar-refractivity contribution is 7.89. The van der Waals surface area contributed by atoms with Gasteiger partial charge in [-0.25, -0.2) is 13.1 Å². The Labute approximate surface area is 120 Å². The van der Waals surface area contributed by atoms with Gasteiger partial charge in [0.05, 0.1) is 4.90 Å². The molecule has 6 heteroatoms. The van der Waals surface area contributed by atoms with Crippen LogP contribution in [0, 0.1) is 5.41 Å². The second-order valence-electron chi connectivity index (χ2n) is 5.93. The van der Waals surface area contributed by atoms with Gasteiger partial charge in [-0.1, -0.05) is 6.92 Å². The van der Waals surface area contributed by atoms with Crippen LogP contribution in [0.4, 0.5) is 0 Å². The maximum atomic E-state index is 12.2. The highest BCUT2D eigenvalue weighted by Gasteiger charge is 2.30. The minimum Gasteiger partial charge on any atom is -0.508 e. The van der Waals surface area contributed by atoms with Crippen LogP contribution >= 0.6 is 0 Å². The second kappa shape index (κ2) is 5.71. The summed E-state index contributed by atoms with van der Waals surface area (Å²) in [5.74, 6) is 0.0613. The standard InChI is InChI=1S/C14H22N2O3S/c1-14(7-9-16(2)10-8-14)11-15-20(18,19)13-5-3-12(17)4-6-13/h3-6,15,17H,7-11H2,1-2H3. The number of hydrogen-bond donors (Lipinski definition) is 2. The number of aromatic hydroxyl groups is 1. The van der Waals surface area contributed by atoms with E-state index < -0.39 is 10.0 Å². The lowest BCUT2D eigenvalue weighted by Gasteiger charge is -2.37. The Morgan fingerprint density at radius 3 is 2.35 bits per heavy atom. The predicted octanol–water partition coefficient (Wildman–Crippen LogP) is 1.40. The van der Waals surface area contributed by atoms with Crippen molar-refractivity contribution in [1.29, 1.82) is 0 Å². The van der Waals surface area contributed by atoms with Crippen LogP contribution in [0.5, 0.6) is 5.75 Å². The van der Waals surface area contributed by atoms with Gasteiger partial charge in [-0.05, 0) is 62.7 Å². The number of benzene rings is 1. The van der Waals surface area contributed by atoms with Gasteiger partial charge >= 0.3 is 0 Å². The Balaban J connectivity index is 2.00. The molecule has 20 heavy (non-hydrogen) atoms. The lowest BCUT2D eigenvalue weighted by Crippen LogP contribution is -2.43. The molecule has 0 radical (unpaired) electrons. The normalized spacial score (nSPS) is 19.9. The molecule has 1 aliphatic heterocycles. The molecule has 0 bridgehead atoms. The molecule has 0 saturated carbocycles. The van der Waals surface area contributed by atoms with Crippen LogP contribution in [0.25, 0.3) is 0 Å². The largest absolute Gasteiger partial charge is 0.508 e. The molecule has 1 aromatic carbocycles. The zero-order valence-electron chi connectivity index (χ0n) is 12.0. The molecule has 2 rings (SSSR count). The third-order valence-corrected chi connectivity index (χ3v) is 5.45. The van der Waals surface area contributed by atoms with Crippen molar-refractivity contribution in [2.24, 2.45) is 5.41 Å². The molecule has 0 aromatic heterocycles. The topological polar surface area (TPSA) is 69.6 Å². The van der Waals surface area contributed by atoms with E-state index in [1.165, 1.54) is 24.3 Å². The summed E-state index contributed by atoms with van der Waals surface area (Å²) in [6, 6.07) is 5.58. The van der Waals surface area contributed by atoms with Crippen molar-refractivity contribution < 1.29 is 13.5 Å². The lowest BCUT2D eigenvalue weighted by molar-refractivity contribution is 0.143. The van der Waals surface area contributed by atoms with E-state index in [9.17, 15) is 13.5 Å². The minimum absolute atomic E-state index is 0.0104.